The zero-order chi connectivity index (χ0) is 28.9. The van der Waals surface area contributed by atoms with Crippen LogP contribution < -0.4 is 9.80 Å². The predicted molar refractivity (Wildman–Crippen MR) is 156 cm³/mol. The Kier molecular flexibility index (Phi) is 7.02. The van der Waals surface area contributed by atoms with Crippen molar-refractivity contribution in [3.8, 4) is 5.75 Å². The summed E-state index contributed by atoms with van der Waals surface area (Å²) in [7, 11) is 0. The second-order valence-corrected chi connectivity index (χ2v) is 12.3. The first kappa shape index (κ1) is 27.8. The zero-order valence-electron chi connectivity index (χ0n) is 23.9. The normalized spacial score (nSPS) is 14.8. The molecule has 4 amide bonds. The molecule has 6 heteroatoms. The van der Waals surface area contributed by atoms with E-state index in [1.54, 1.807) is 36.4 Å². The van der Waals surface area contributed by atoms with Gasteiger partial charge in [-0.05, 0) is 72.7 Å². The standard InChI is InChI=1S/C33H36N2O4/c1-20-9-13-23(14-10-20)34-29(37)25(30(38)35(31(34)39)24-15-11-21(2)12-16-24)17-22-18-26(32(3,4)5)28(36)27(19-22)33(6,7)8/h9-19,36H,1-8H3. The van der Waals surface area contributed by atoms with Gasteiger partial charge in [0, 0.05) is 11.1 Å². The molecule has 0 saturated carbocycles. The largest absolute Gasteiger partial charge is 0.507 e. The second kappa shape index (κ2) is 9.84. The van der Waals surface area contributed by atoms with Crippen LogP contribution in [-0.2, 0) is 20.4 Å². The molecule has 0 atom stereocenters. The smallest absolute Gasteiger partial charge is 0.343 e. The lowest BCUT2D eigenvalue weighted by atomic mass is 9.78. The van der Waals surface area contributed by atoms with Gasteiger partial charge in [-0.15, -0.1) is 0 Å². The Morgan fingerprint density at radius 3 is 1.33 bits per heavy atom. The number of amides is 4. The number of carbonyl (C=O) groups excluding carboxylic acids is 3. The van der Waals surface area contributed by atoms with Crippen LogP contribution in [0.3, 0.4) is 0 Å². The molecule has 1 saturated heterocycles. The highest BCUT2D eigenvalue weighted by molar-refractivity contribution is 6.46. The molecule has 0 radical (unpaired) electrons. The van der Waals surface area contributed by atoms with E-state index in [0.29, 0.717) is 28.1 Å². The van der Waals surface area contributed by atoms with Crippen molar-refractivity contribution in [1.29, 1.82) is 0 Å². The second-order valence-electron chi connectivity index (χ2n) is 12.3. The Labute approximate surface area is 230 Å². The summed E-state index contributed by atoms with van der Waals surface area (Å²) >= 11 is 0. The fourth-order valence-corrected chi connectivity index (χ4v) is 4.62. The van der Waals surface area contributed by atoms with Gasteiger partial charge in [-0.2, -0.15) is 0 Å². The molecule has 6 nitrogen and oxygen atoms in total. The number of phenolic OH excluding ortho intramolecular Hbond substituents is 1. The fourth-order valence-electron chi connectivity index (χ4n) is 4.62. The number of barbiturate groups is 1. The quantitative estimate of drug-likeness (QED) is 0.291. The summed E-state index contributed by atoms with van der Waals surface area (Å²) in [6.07, 6.45) is 1.53. The van der Waals surface area contributed by atoms with E-state index in [0.717, 1.165) is 20.9 Å². The van der Waals surface area contributed by atoms with E-state index in [4.69, 9.17) is 0 Å². The highest BCUT2D eigenvalue weighted by Crippen LogP contribution is 2.40. The maximum absolute atomic E-state index is 13.8. The lowest BCUT2D eigenvalue weighted by Gasteiger charge is -2.34. The predicted octanol–water partition coefficient (Wildman–Crippen LogP) is 7.19. The van der Waals surface area contributed by atoms with Gasteiger partial charge in [0.05, 0.1) is 11.4 Å². The topological polar surface area (TPSA) is 77.9 Å². The van der Waals surface area contributed by atoms with E-state index in [9.17, 15) is 19.5 Å². The number of aromatic hydroxyl groups is 1. The van der Waals surface area contributed by atoms with E-state index >= 15 is 0 Å². The van der Waals surface area contributed by atoms with Crippen molar-refractivity contribution in [1.82, 2.24) is 0 Å². The minimum Gasteiger partial charge on any atom is -0.507 e. The monoisotopic (exact) mass is 524 g/mol. The van der Waals surface area contributed by atoms with E-state index in [2.05, 4.69) is 0 Å². The number of nitrogens with zero attached hydrogens (tertiary/aromatic N) is 2. The average molecular weight is 525 g/mol. The summed E-state index contributed by atoms with van der Waals surface area (Å²) in [6, 6.07) is 16.9. The van der Waals surface area contributed by atoms with Gasteiger partial charge in [-0.3, -0.25) is 9.59 Å². The van der Waals surface area contributed by atoms with Crippen LogP contribution in [0.2, 0.25) is 0 Å². The number of urea groups is 1. The molecule has 1 aliphatic heterocycles. The van der Waals surface area contributed by atoms with Crippen molar-refractivity contribution in [2.24, 2.45) is 0 Å². The molecule has 0 aromatic heterocycles. The van der Waals surface area contributed by atoms with Gasteiger partial charge >= 0.3 is 6.03 Å². The lowest BCUT2D eigenvalue weighted by molar-refractivity contribution is -0.121. The number of hydrogen-bond donors (Lipinski definition) is 1. The van der Waals surface area contributed by atoms with Crippen LogP contribution in [-0.4, -0.2) is 23.0 Å². The van der Waals surface area contributed by atoms with Crippen molar-refractivity contribution in [3.63, 3.8) is 0 Å². The molecule has 3 aromatic carbocycles. The van der Waals surface area contributed by atoms with Crippen molar-refractivity contribution in [2.45, 2.75) is 66.2 Å². The van der Waals surface area contributed by atoms with Crippen LogP contribution in [0.5, 0.6) is 5.75 Å². The maximum Gasteiger partial charge on any atom is 0.343 e. The fraction of sp³-hybridized carbons (Fsp3) is 0.303. The van der Waals surface area contributed by atoms with E-state index in [1.807, 2.05) is 79.7 Å². The summed E-state index contributed by atoms with van der Waals surface area (Å²) in [5.74, 6) is -1.18. The van der Waals surface area contributed by atoms with Crippen LogP contribution in [0.15, 0.2) is 66.2 Å². The lowest BCUT2D eigenvalue weighted by Crippen LogP contribution is -2.57. The Hall–Kier alpha value is -4.19. The summed E-state index contributed by atoms with van der Waals surface area (Å²) in [4.78, 5) is 43.4. The molecule has 1 heterocycles. The van der Waals surface area contributed by atoms with Gasteiger partial charge in [0.2, 0.25) is 0 Å². The number of anilines is 2. The van der Waals surface area contributed by atoms with Crippen LogP contribution >= 0.6 is 0 Å². The molecule has 39 heavy (non-hydrogen) atoms. The zero-order valence-corrected chi connectivity index (χ0v) is 23.9. The molecule has 1 aliphatic rings. The molecule has 4 rings (SSSR count). The number of imide groups is 2. The minimum absolute atomic E-state index is 0.138. The van der Waals surface area contributed by atoms with Gasteiger partial charge < -0.3 is 5.11 Å². The molecular formula is C33H36N2O4. The van der Waals surface area contributed by atoms with Crippen LogP contribution in [0.1, 0.15) is 69.4 Å². The third kappa shape index (κ3) is 5.37. The van der Waals surface area contributed by atoms with Gasteiger partial charge in [0.1, 0.15) is 11.3 Å². The van der Waals surface area contributed by atoms with Crippen molar-refractivity contribution in [3.05, 3.63) is 94.1 Å². The summed E-state index contributed by atoms with van der Waals surface area (Å²) < 4.78 is 0. The number of carbonyl (C=O) groups is 3. The van der Waals surface area contributed by atoms with Gasteiger partial charge in [0.25, 0.3) is 11.8 Å². The molecule has 0 bridgehead atoms. The van der Waals surface area contributed by atoms with Gasteiger partial charge in [-0.25, -0.2) is 14.6 Å². The Bertz CT molecular complexity index is 1380. The number of phenols is 1. The van der Waals surface area contributed by atoms with E-state index < -0.39 is 28.7 Å². The highest BCUT2D eigenvalue weighted by Gasteiger charge is 2.44. The third-order valence-corrected chi connectivity index (χ3v) is 6.89. The minimum atomic E-state index is -0.730. The summed E-state index contributed by atoms with van der Waals surface area (Å²) in [5.41, 5.74) is 3.80. The molecule has 1 fully saturated rings. The molecule has 202 valence electrons. The van der Waals surface area contributed by atoms with E-state index in [-0.39, 0.29) is 11.3 Å². The molecule has 0 unspecified atom stereocenters. The van der Waals surface area contributed by atoms with Crippen molar-refractivity contribution in [2.75, 3.05) is 9.80 Å². The van der Waals surface area contributed by atoms with Gasteiger partial charge in [-0.1, -0.05) is 76.9 Å². The Morgan fingerprint density at radius 2 is 1.00 bits per heavy atom. The first-order valence-corrected chi connectivity index (χ1v) is 13.1. The number of benzene rings is 3. The van der Waals surface area contributed by atoms with Crippen LogP contribution in [0.25, 0.3) is 6.08 Å². The third-order valence-electron chi connectivity index (χ3n) is 6.89. The average Bonchev–Trinajstić information content (AvgIpc) is 2.83. The van der Waals surface area contributed by atoms with Gasteiger partial charge in [0.15, 0.2) is 0 Å². The van der Waals surface area contributed by atoms with Crippen molar-refractivity contribution < 1.29 is 19.5 Å². The van der Waals surface area contributed by atoms with Crippen LogP contribution in [0.4, 0.5) is 16.2 Å². The number of aryl methyl sites for hydroxylation is 2. The first-order chi connectivity index (χ1) is 18.1. The molecular weight excluding hydrogens is 488 g/mol. The number of rotatable bonds is 3. The molecule has 1 N–H and O–H groups in total. The molecule has 0 aliphatic carbocycles. The molecule has 0 spiro atoms. The highest BCUT2D eigenvalue weighted by atomic mass is 16.3. The first-order valence-electron chi connectivity index (χ1n) is 13.1. The SMILES string of the molecule is Cc1ccc(N2C(=O)C(=Cc3cc(C(C)(C)C)c(O)c(C(C)(C)C)c3)C(=O)N(c3ccc(C)cc3)C2=O)cc1. The number of hydrogen-bond acceptors (Lipinski definition) is 4. The summed E-state index contributed by atoms with van der Waals surface area (Å²) in [6.45, 7) is 15.8. The molecule has 3 aromatic rings. The summed E-state index contributed by atoms with van der Waals surface area (Å²) in [5, 5.41) is 11.1. The maximum atomic E-state index is 13.8. The Balaban J connectivity index is 1.95. The van der Waals surface area contributed by atoms with Crippen LogP contribution in [0, 0.1) is 13.8 Å². The Morgan fingerprint density at radius 1 is 0.641 bits per heavy atom. The van der Waals surface area contributed by atoms with Crippen molar-refractivity contribution >= 4 is 35.3 Å². The van der Waals surface area contributed by atoms with E-state index in [1.165, 1.54) is 6.08 Å².